The average molecular weight is 254 g/mol. The van der Waals surface area contributed by atoms with Crippen molar-refractivity contribution in [3.8, 4) is 5.75 Å². The summed E-state index contributed by atoms with van der Waals surface area (Å²) in [7, 11) is 0. The fourth-order valence-electron chi connectivity index (χ4n) is 2.21. The van der Waals surface area contributed by atoms with Crippen molar-refractivity contribution in [2.45, 2.75) is 26.2 Å². The lowest BCUT2D eigenvalue weighted by Crippen LogP contribution is -2.10. The van der Waals surface area contributed by atoms with Crippen LogP contribution in [0.25, 0.3) is 0 Å². The van der Waals surface area contributed by atoms with Crippen molar-refractivity contribution in [3.05, 3.63) is 66.2 Å². The van der Waals surface area contributed by atoms with Crippen LogP contribution in [-0.2, 0) is 0 Å². The summed E-state index contributed by atoms with van der Waals surface area (Å²) < 4.78 is 5.76. The molecule has 0 aromatic heterocycles. The van der Waals surface area contributed by atoms with Crippen LogP contribution in [0.5, 0.6) is 5.75 Å². The first-order valence-electron chi connectivity index (χ1n) is 7.00. The zero-order chi connectivity index (χ0) is 13.5. The fraction of sp³-hybridized carbons (Fsp3) is 0.333. The molecule has 0 aliphatic carbocycles. The fourth-order valence-corrected chi connectivity index (χ4v) is 2.21. The summed E-state index contributed by atoms with van der Waals surface area (Å²) >= 11 is 0. The largest absolute Gasteiger partial charge is 0.494 e. The quantitative estimate of drug-likeness (QED) is 0.712. The third-order valence-electron chi connectivity index (χ3n) is 3.76. The van der Waals surface area contributed by atoms with Gasteiger partial charge in [0.25, 0.3) is 0 Å². The van der Waals surface area contributed by atoms with Crippen molar-refractivity contribution in [1.29, 1.82) is 0 Å². The van der Waals surface area contributed by atoms with E-state index in [9.17, 15) is 0 Å². The van der Waals surface area contributed by atoms with Crippen LogP contribution in [0.3, 0.4) is 0 Å². The van der Waals surface area contributed by atoms with Gasteiger partial charge in [-0.3, -0.25) is 0 Å². The molecule has 1 heteroatoms. The highest BCUT2D eigenvalue weighted by Crippen LogP contribution is 2.26. The highest BCUT2D eigenvalue weighted by Gasteiger charge is 2.13. The van der Waals surface area contributed by atoms with Gasteiger partial charge in [-0.25, -0.2) is 0 Å². The minimum absolute atomic E-state index is 0.570. The Balaban J connectivity index is 1.80. The van der Waals surface area contributed by atoms with Gasteiger partial charge in [-0.2, -0.15) is 0 Å². The van der Waals surface area contributed by atoms with Gasteiger partial charge in [-0.05, 0) is 36.0 Å². The lowest BCUT2D eigenvalue weighted by atomic mass is 9.87. The van der Waals surface area contributed by atoms with Gasteiger partial charge in [-0.1, -0.05) is 62.4 Å². The van der Waals surface area contributed by atoms with Crippen molar-refractivity contribution in [1.82, 2.24) is 0 Å². The Morgan fingerprint density at radius 2 is 1.42 bits per heavy atom. The van der Waals surface area contributed by atoms with Crippen LogP contribution < -0.4 is 4.74 Å². The zero-order valence-corrected chi connectivity index (χ0v) is 11.8. The van der Waals surface area contributed by atoms with Gasteiger partial charge in [0.2, 0.25) is 0 Å². The molecule has 0 saturated heterocycles. The lowest BCUT2D eigenvalue weighted by Gasteiger charge is -2.20. The maximum absolute atomic E-state index is 5.76. The summed E-state index contributed by atoms with van der Waals surface area (Å²) in [5.41, 5.74) is 1.41. The molecule has 1 nitrogen and oxygen atoms in total. The molecule has 100 valence electrons. The van der Waals surface area contributed by atoms with E-state index >= 15 is 0 Å². The zero-order valence-electron chi connectivity index (χ0n) is 11.8. The molecule has 0 aliphatic rings. The van der Waals surface area contributed by atoms with Crippen molar-refractivity contribution >= 4 is 0 Å². The Hall–Kier alpha value is -1.76. The maximum atomic E-state index is 5.76. The number of hydrogen-bond donors (Lipinski definition) is 0. The molecule has 0 amide bonds. The van der Waals surface area contributed by atoms with E-state index in [-0.39, 0.29) is 0 Å². The molecule has 2 atom stereocenters. The second kappa shape index (κ2) is 6.98. The number of para-hydroxylation sites is 1. The van der Waals surface area contributed by atoms with Crippen LogP contribution in [0.2, 0.25) is 0 Å². The molecule has 0 heterocycles. The monoisotopic (exact) mass is 254 g/mol. The van der Waals surface area contributed by atoms with Gasteiger partial charge in [0.1, 0.15) is 5.75 Å². The van der Waals surface area contributed by atoms with Crippen LogP contribution in [0.15, 0.2) is 60.7 Å². The molecule has 19 heavy (non-hydrogen) atoms. The normalized spacial score (nSPS) is 13.8. The summed E-state index contributed by atoms with van der Waals surface area (Å²) in [6, 6.07) is 20.7. The molecule has 0 saturated carbocycles. The minimum Gasteiger partial charge on any atom is -0.494 e. The molecule has 0 fully saturated rings. The standard InChI is InChI=1S/C18H22O/c1-15(16(2)17-9-5-3-6-10-17)13-14-19-18-11-7-4-8-12-18/h3-12,15-16H,13-14H2,1-2H3. The molecule has 2 rings (SSSR count). The summed E-state index contributed by atoms with van der Waals surface area (Å²) in [6.45, 7) is 5.37. The molecule has 0 aliphatic heterocycles. The predicted octanol–water partition coefficient (Wildman–Crippen LogP) is 4.90. The summed E-state index contributed by atoms with van der Waals surface area (Å²) in [5, 5.41) is 0. The highest BCUT2D eigenvalue weighted by atomic mass is 16.5. The summed E-state index contributed by atoms with van der Waals surface area (Å²) in [6.07, 6.45) is 1.07. The Kier molecular flexibility index (Phi) is 5.02. The first-order valence-corrected chi connectivity index (χ1v) is 7.00. The molecule has 2 aromatic carbocycles. The third kappa shape index (κ3) is 4.13. The Bertz CT molecular complexity index is 464. The number of hydrogen-bond acceptors (Lipinski definition) is 1. The van der Waals surface area contributed by atoms with Crippen LogP contribution >= 0.6 is 0 Å². The maximum Gasteiger partial charge on any atom is 0.119 e. The first-order chi connectivity index (χ1) is 9.27. The molecule has 0 bridgehead atoms. The third-order valence-corrected chi connectivity index (χ3v) is 3.76. The van der Waals surface area contributed by atoms with Gasteiger partial charge >= 0.3 is 0 Å². The topological polar surface area (TPSA) is 9.23 Å². The molecule has 2 unspecified atom stereocenters. The molecule has 0 N–H and O–H groups in total. The number of benzene rings is 2. The van der Waals surface area contributed by atoms with Gasteiger partial charge in [0, 0.05) is 0 Å². The van der Waals surface area contributed by atoms with Crippen molar-refractivity contribution in [3.63, 3.8) is 0 Å². The van der Waals surface area contributed by atoms with E-state index in [4.69, 9.17) is 4.74 Å². The lowest BCUT2D eigenvalue weighted by molar-refractivity contribution is 0.272. The van der Waals surface area contributed by atoms with Crippen molar-refractivity contribution < 1.29 is 4.74 Å². The molecular formula is C18H22O. The van der Waals surface area contributed by atoms with Gasteiger partial charge in [0.15, 0.2) is 0 Å². The summed E-state index contributed by atoms with van der Waals surface area (Å²) in [4.78, 5) is 0. The van der Waals surface area contributed by atoms with Crippen LogP contribution in [0, 0.1) is 5.92 Å². The average Bonchev–Trinajstić information content (AvgIpc) is 2.48. The SMILES string of the molecule is CC(CCOc1ccccc1)C(C)c1ccccc1. The smallest absolute Gasteiger partial charge is 0.119 e. The molecule has 0 spiro atoms. The van der Waals surface area contributed by atoms with Crippen LogP contribution in [0.4, 0.5) is 0 Å². The molecule has 0 radical (unpaired) electrons. The van der Waals surface area contributed by atoms with E-state index in [0.717, 1.165) is 18.8 Å². The number of ether oxygens (including phenoxy) is 1. The van der Waals surface area contributed by atoms with Crippen molar-refractivity contribution in [2.24, 2.45) is 5.92 Å². The molecule has 2 aromatic rings. The molecular weight excluding hydrogens is 232 g/mol. The van der Waals surface area contributed by atoms with E-state index in [2.05, 4.69) is 44.2 Å². The Labute approximate surface area is 116 Å². The Morgan fingerprint density at radius 1 is 0.842 bits per heavy atom. The van der Waals surface area contributed by atoms with E-state index in [1.54, 1.807) is 0 Å². The predicted molar refractivity (Wildman–Crippen MR) is 80.6 cm³/mol. The van der Waals surface area contributed by atoms with Crippen molar-refractivity contribution in [2.75, 3.05) is 6.61 Å². The summed E-state index contributed by atoms with van der Waals surface area (Å²) in [5.74, 6) is 2.15. The van der Waals surface area contributed by atoms with E-state index < -0.39 is 0 Å². The first kappa shape index (κ1) is 13.7. The van der Waals surface area contributed by atoms with Crippen LogP contribution in [0.1, 0.15) is 31.7 Å². The second-order valence-corrected chi connectivity index (χ2v) is 5.13. The minimum atomic E-state index is 0.570. The van der Waals surface area contributed by atoms with Gasteiger partial charge in [-0.15, -0.1) is 0 Å². The Morgan fingerprint density at radius 3 is 2.05 bits per heavy atom. The highest BCUT2D eigenvalue weighted by molar-refractivity contribution is 5.21. The van der Waals surface area contributed by atoms with Gasteiger partial charge in [0.05, 0.1) is 6.61 Å². The van der Waals surface area contributed by atoms with E-state index in [1.807, 2.05) is 30.3 Å². The number of rotatable bonds is 6. The van der Waals surface area contributed by atoms with Gasteiger partial charge < -0.3 is 4.74 Å². The second-order valence-electron chi connectivity index (χ2n) is 5.13. The van der Waals surface area contributed by atoms with E-state index in [1.165, 1.54) is 5.56 Å². The van der Waals surface area contributed by atoms with E-state index in [0.29, 0.717) is 11.8 Å². The van der Waals surface area contributed by atoms with Crippen LogP contribution in [-0.4, -0.2) is 6.61 Å².